The van der Waals surface area contributed by atoms with Crippen molar-refractivity contribution in [2.24, 2.45) is 0 Å². The zero-order valence-corrected chi connectivity index (χ0v) is 56.6. The minimum atomic E-state index is -1.79. The van der Waals surface area contributed by atoms with Crippen molar-refractivity contribution < 1.29 is 64.6 Å². The molecular formula is C76H133NO13. The Labute approximate surface area is 547 Å². The lowest BCUT2D eigenvalue weighted by Gasteiger charge is -2.46. The highest BCUT2D eigenvalue weighted by molar-refractivity contribution is 5.76. The second-order valence-corrected chi connectivity index (χ2v) is 25.3. The average Bonchev–Trinajstić information content (AvgIpc) is 1.58. The molecule has 0 radical (unpaired) electrons. The summed E-state index contributed by atoms with van der Waals surface area (Å²) in [7, 11) is 0. The third kappa shape index (κ3) is 43.0. The minimum Gasteiger partial charge on any atom is -0.394 e. The molecule has 2 heterocycles. The van der Waals surface area contributed by atoms with E-state index in [2.05, 4.69) is 104 Å². The summed E-state index contributed by atoms with van der Waals surface area (Å²) < 4.78 is 22.8. The predicted octanol–water partition coefficient (Wildman–Crippen LogP) is 15.3. The van der Waals surface area contributed by atoms with E-state index in [1.54, 1.807) is 6.08 Å². The summed E-state index contributed by atoms with van der Waals surface area (Å²) in [6.45, 7) is 2.69. The number of aliphatic hydroxyl groups excluding tert-OH is 8. The molecule has 0 bridgehead atoms. The number of nitrogens with one attached hydrogen (secondary N) is 1. The molecule has 12 atom stereocenters. The highest BCUT2D eigenvalue weighted by atomic mass is 16.7. The van der Waals surface area contributed by atoms with Gasteiger partial charge in [0.2, 0.25) is 5.91 Å². The topological polar surface area (TPSA) is 228 Å². The lowest BCUT2D eigenvalue weighted by Crippen LogP contribution is -2.65. The van der Waals surface area contributed by atoms with Crippen LogP contribution >= 0.6 is 0 Å². The number of ether oxygens (including phenoxy) is 4. The number of amides is 1. The molecule has 2 aliphatic rings. The van der Waals surface area contributed by atoms with Crippen molar-refractivity contribution in [1.82, 2.24) is 5.32 Å². The number of unbranched alkanes of at least 4 members (excludes halogenated alkanes) is 32. The molecule has 9 N–H and O–H groups in total. The Morgan fingerprint density at radius 3 is 1.22 bits per heavy atom. The molecular weight excluding hydrogens is 1130 g/mol. The van der Waals surface area contributed by atoms with E-state index < -0.39 is 86.8 Å². The van der Waals surface area contributed by atoms with Crippen LogP contribution in [-0.2, 0) is 23.7 Å². The summed E-state index contributed by atoms with van der Waals surface area (Å²) in [5, 5.41) is 87.4. The monoisotopic (exact) mass is 1270 g/mol. The van der Waals surface area contributed by atoms with Crippen molar-refractivity contribution in [2.45, 2.75) is 357 Å². The molecule has 2 saturated heterocycles. The van der Waals surface area contributed by atoms with E-state index in [1.807, 2.05) is 6.08 Å². The van der Waals surface area contributed by atoms with Gasteiger partial charge in [-0.3, -0.25) is 4.79 Å². The second kappa shape index (κ2) is 59.6. The Morgan fingerprint density at radius 2 is 0.778 bits per heavy atom. The number of aliphatic hydroxyl groups is 8. The predicted molar refractivity (Wildman–Crippen MR) is 369 cm³/mol. The molecule has 2 aliphatic heterocycles. The molecule has 0 aromatic rings. The molecule has 0 spiro atoms. The van der Waals surface area contributed by atoms with Gasteiger partial charge in [-0.15, -0.1) is 0 Å². The van der Waals surface area contributed by atoms with E-state index in [0.717, 1.165) is 70.6 Å². The standard InChI is InChI=1S/C76H133NO13/c1-3-5-7-9-11-13-15-17-19-21-23-24-25-26-27-28-29-30-31-32-33-34-35-36-37-38-39-40-42-44-46-48-50-52-54-56-58-60-68(81)77-64(65(80)59-57-55-53-51-49-47-45-43-41-22-20-18-16-14-12-10-8-6-4-2)63-87-75-73(86)71(84)74(67(62-79)89-75)90-76-72(85)70(83)69(82)66(61-78)88-76/h5,7,11,13,17,19,23-24,26-27,29-30,49,51,57,59,64-67,69-76,78-80,82-86H,3-4,6,8-10,12,14-16,18,20-22,25,28,31-48,50,52-56,58,60-63H2,1-2H3,(H,77,81)/b7-5-,13-11-,19-17-,24-23-,27-26-,30-29-,51-49+,59-57+. The summed E-state index contributed by atoms with van der Waals surface area (Å²) >= 11 is 0. The lowest BCUT2D eigenvalue weighted by molar-refractivity contribution is -0.359. The first-order valence-corrected chi connectivity index (χ1v) is 36.5. The van der Waals surface area contributed by atoms with Gasteiger partial charge in [0, 0.05) is 6.42 Å². The maximum atomic E-state index is 13.3. The molecule has 14 heteroatoms. The number of carbonyl (C=O) groups excluding carboxylic acids is 1. The fourth-order valence-corrected chi connectivity index (χ4v) is 11.5. The third-order valence-electron chi connectivity index (χ3n) is 17.3. The van der Waals surface area contributed by atoms with Gasteiger partial charge < -0.3 is 65.1 Å². The third-order valence-corrected chi connectivity index (χ3v) is 17.3. The van der Waals surface area contributed by atoms with Crippen molar-refractivity contribution in [1.29, 1.82) is 0 Å². The molecule has 0 aromatic heterocycles. The van der Waals surface area contributed by atoms with Gasteiger partial charge in [-0.2, -0.15) is 0 Å². The fourth-order valence-electron chi connectivity index (χ4n) is 11.5. The van der Waals surface area contributed by atoms with Gasteiger partial charge in [-0.25, -0.2) is 0 Å². The quantitative estimate of drug-likeness (QED) is 0.0204. The maximum absolute atomic E-state index is 13.3. The highest BCUT2D eigenvalue weighted by Gasteiger charge is 2.51. The summed E-state index contributed by atoms with van der Waals surface area (Å²) in [6, 6.07) is -0.936. The average molecular weight is 1270 g/mol. The maximum Gasteiger partial charge on any atom is 0.220 e. The van der Waals surface area contributed by atoms with Crippen molar-refractivity contribution in [2.75, 3.05) is 19.8 Å². The molecule has 0 aromatic carbocycles. The van der Waals surface area contributed by atoms with Crippen LogP contribution < -0.4 is 5.32 Å². The van der Waals surface area contributed by atoms with Crippen molar-refractivity contribution >= 4 is 5.91 Å². The van der Waals surface area contributed by atoms with Crippen LogP contribution in [0.25, 0.3) is 0 Å². The van der Waals surface area contributed by atoms with Crippen LogP contribution in [0.4, 0.5) is 0 Å². The van der Waals surface area contributed by atoms with Crippen molar-refractivity contribution in [3.8, 4) is 0 Å². The smallest absolute Gasteiger partial charge is 0.220 e. The van der Waals surface area contributed by atoms with E-state index in [-0.39, 0.29) is 18.9 Å². The van der Waals surface area contributed by atoms with Gasteiger partial charge in [0.05, 0.1) is 32.0 Å². The van der Waals surface area contributed by atoms with Gasteiger partial charge in [-0.05, 0) is 83.5 Å². The van der Waals surface area contributed by atoms with Gasteiger partial charge in [-0.1, -0.05) is 291 Å². The number of rotatable bonds is 59. The molecule has 1 amide bonds. The van der Waals surface area contributed by atoms with Gasteiger partial charge >= 0.3 is 0 Å². The summed E-state index contributed by atoms with van der Waals surface area (Å²) in [4.78, 5) is 13.3. The summed E-state index contributed by atoms with van der Waals surface area (Å²) in [5.41, 5.74) is 0. The van der Waals surface area contributed by atoms with E-state index in [4.69, 9.17) is 18.9 Å². The Morgan fingerprint density at radius 1 is 0.411 bits per heavy atom. The van der Waals surface area contributed by atoms with E-state index >= 15 is 0 Å². The van der Waals surface area contributed by atoms with Crippen LogP contribution in [0.2, 0.25) is 0 Å². The number of carbonyl (C=O) groups is 1. The van der Waals surface area contributed by atoms with Crippen LogP contribution in [0.3, 0.4) is 0 Å². The zero-order chi connectivity index (χ0) is 65.2. The largest absolute Gasteiger partial charge is 0.394 e. The summed E-state index contributed by atoms with van der Waals surface area (Å²) in [6.07, 6.45) is 67.6. The molecule has 0 saturated carbocycles. The molecule has 90 heavy (non-hydrogen) atoms. The normalized spacial score (nSPS) is 23.5. The highest BCUT2D eigenvalue weighted by Crippen LogP contribution is 2.30. The molecule has 2 rings (SSSR count). The Hall–Kier alpha value is -3.09. The number of allylic oxidation sites excluding steroid dienone is 15. The van der Waals surface area contributed by atoms with E-state index in [0.29, 0.717) is 12.8 Å². The minimum absolute atomic E-state index is 0.248. The van der Waals surface area contributed by atoms with E-state index in [1.165, 1.54) is 180 Å². The Bertz CT molecular complexity index is 1880. The molecule has 0 aliphatic carbocycles. The number of hydrogen-bond donors (Lipinski definition) is 9. The van der Waals surface area contributed by atoms with Crippen LogP contribution in [0.5, 0.6) is 0 Å². The zero-order valence-electron chi connectivity index (χ0n) is 56.6. The first-order valence-electron chi connectivity index (χ1n) is 36.5. The number of hydrogen-bond acceptors (Lipinski definition) is 13. The van der Waals surface area contributed by atoms with Crippen molar-refractivity contribution in [3.05, 3.63) is 97.2 Å². The molecule has 520 valence electrons. The second-order valence-electron chi connectivity index (χ2n) is 25.3. The molecule has 2 fully saturated rings. The van der Waals surface area contributed by atoms with Crippen LogP contribution in [0.1, 0.15) is 284 Å². The Kier molecular flexibility index (Phi) is 55.0. The summed E-state index contributed by atoms with van der Waals surface area (Å²) in [5.74, 6) is -0.248. The van der Waals surface area contributed by atoms with Crippen molar-refractivity contribution in [3.63, 3.8) is 0 Å². The van der Waals surface area contributed by atoms with Gasteiger partial charge in [0.15, 0.2) is 12.6 Å². The SMILES string of the molecule is CC/C=C\C/C=C\C/C=C\C/C=C\C/C=C\C/C=C\CCCCCCCCCCCCCCCCCCCCC(=O)NC(COC1OC(CO)C(OC2OC(CO)C(O)C(O)C2O)C(O)C1O)C(O)/C=C/CC/C=C/CCCCCCCCCCCCCCC. The lowest BCUT2D eigenvalue weighted by atomic mass is 9.97. The van der Waals surface area contributed by atoms with Gasteiger partial charge in [0.1, 0.15) is 48.8 Å². The first kappa shape index (κ1) is 83.0. The van der Waals surface area contributed by atoms with Gasteiger partial charge in [0.25, 0.3) is 0 Å². The molecule has 14 nitrogen and oxygen atoms in total. The van der Waals surface area contributed by atoms with Crippen LogP contribution in [0, 0.1) is 0 Å². The molecule has 12 unspecified atom stereocenters. The Balaban J connectivity index is 1.62. The van der Waals surface area contributed by atoms with Crippen LogP contribution in [0.15, 0.2) is 97.2 Å². The fraction of sp³-hybridized carbons (Fsp3) is 0.776. The van der Waals surface area contributed by atoms with E-state index in [9.17, 15) is 45.6 Å². The van der Waals surface area contributed by atoms with Crippen LogP contribution in [-0.4, -0.2) is 140 Å². The first-order chi connectivity index (χ1) is 44.1.